The first-order valence-corrected chi connectivity index (χ1v) is 6.53. The van der Waals surface area contributed by atoms with Gasteiger partial charge in [-0.1, -0.05) is 12.2 Å². The Morgan fingerprint density at radius 3 is 1.76 bits per heavy atom. The lowest BCUT2D eigenvalue weighted by Gasteiger charge is -2.26. The molecule has 104 valence electrons. The van der Waals surface area contributed by atoms with Gasteiger partial charge in [0.25, 0.3) is 0 Å². The van der Waals surface area contributed by atoms with E-state index >= 15 is 0 Å². The molecule has 5 nitrogen and oxygen atoms in total. The number of hydrogen-bond donors (Lipinski definition) is 2. The first-order valence-electron chi connectivity index (χ1n) is 6.53. The van der Waals surface area contributed by atoms with Gasteiger partial charge in [0.1, 0.15) is 0 Å². The smallest absolute Gasteiger partial charge is 0.0712 e. The van der Waals surface area contributed by atoms with Crippen LogP contribution in [0.25, 0.3) is 0 Å². The maximum Gasteiger partial charge on any atom is 0.0712 e. The lowest BCUT2D eigenvalue weighted by atomic mass is 10.3. The molecule has 0 amide bonds. The third-order valence-corrected chi connectivity index (χ3v) is 2.49. The standard InChI is InChI=1S/C12H27NO4/c1-3-12(2)13(16-10-6-4-8-14)17-11-7-5-9-15/h12,14-15H,3-11H2,1-2H3. The third kappa shape index (κ3) is 9.50. The molecule has 0 aliphatic rings. The molecule has 17 heavy (non-hydrogen) atoms. The quantitative estimate of drug-likeness (QED) is 0.405. The average molecular weight is 249 g/mol. The van der Waals surface area contributed by atoms with Crippen LogP contribution in [0, 0.1) is 0 Å². The van der Waals surface area contributed by atoms with E-state index in [9.17, 15) is 0 Å². The molecule has 1 atom stereocenters. The molecular formula is C12H27NO4. The van der Waals surface area contributed by atoms with Gasteiger partial charge in [-0.3, -0.25) is 9.68 Å². The number of aliphatic hydroxyl groups is 2. The van der Waals surface area contributed by atoms with Crippen molar-refractivity contribution < 1.29 is 19.9 Å². The normalized spacial score (nSPS) is 13.2. The van der Waals surface area contributed by atoms with Crippen LogP contribution in [0.2, 0.25) is 0 Å². The van der Waals surface area contributed by atoms with Crippen molar-refractivity contribution in [2.45, 2.75) is 52.0 Å². The Morgan fingerprint density at radius 2 is 1.41 bits per heavy atom. The summed E-state index contributed by atoms with van der Waals surface area (Å²) in [7, 11) is 0. The molecule has 0 saturated carbocycles. The minimum atomic E-state index is 0.198. The molecular weight excluding hydrogens is 222 g/mol. The molecule has 0 fully saturated rings. The fourth-order valence-corrected chi connectivity index (χ4v) is 1.18. The van der Waals surface area contributed by atoms with Gasteiger partial charge in [0.05, 0.1) is 19.3 Å². The predicted molar refractivity (Wildman–Crippen MR) is 66.1 cm³/mol. The Morgan fingerprint density at radius 1 is 0.941 bits per heavy atom. The van der Waals surface area contributed by atoms with Gasteiger partial charge in [0.15, 0.2) is 0 Å². The van der Waals surface area contributed by atoms with Gasteiger partial charge in [-0.15, -0.1) is 0 Å². The summed E-state index contributed by atoms with van der Waals surface area (Å²) in [5.74, 6) is 0. The van der Waals surface area contributed by atoms with Crippen LogP contribution in [-0.4, -0.2) is 47.9 Å². The lowest BCUT2D eigenvalue weighted by molar-refractivity contribution is -0.386. The van der Waals surface area contributed by atoms with Gasteiger partial charge in [-0.05, 0) is 39.0 Å². The summed E-state index contributed by atoms with van der Waals surface area (Å²) in [6.07, 6.45) is 4.09. The molecule has 0 radical (unpaired) electrons. The Kier molecular flexibility index (Phi) is 12.1. The molecule has 0 saturated heterocycles. The number of aliphatic hydroxyl groups excluding tert-OH is 2. The summed E-state index contributed by atoms with van der Waals surface area (Å²) in [5, 5.41) is 18.9. The SMILES string of the molecule is CCC(C)N(OCCCCO)OCCCCO. The monoisotopic (exact) mass is 249 g/mol. The summed E-state index contributed by atoms with van der Waals surface area (Å²) in [6, 6.07) is 0.207. The zero-order valence-corrected chi connectivity index (χ0v) is 11.1. The van der Waals surface area contributed by atoms with Crippen LogP contribution in [0.1, 0.15) is 46.0 Å². The van der Waals surface area contributed by atoms with Gasteiger partial charge in [-0.25, -0.2) is 0 Å². The van der Waals surface area contributed by atoms with E-state index in [0.717, 1.165) is 32.1 Å². The number of rotatable bonds is 12. The number of hydrogen-bond acceptors (Lipinski definition) is 5. The van der Waals surface area contributed by atoms with Crippen molar-refractivity contribution in [1.82, 2.24) is 5.23 Å². The van der Waals surface area contributed by atoms with Crippen molar-refractivity contribution in [2.75, 3.05) is 26.4 Å². The molecule has 0 aromatic rings. The van der Waals surface area contributed by atoms with Crippen molar-refractivity contribution in [2.24, 2.45) is 0 Å². The molecule has 0 bridgehead atoms. The van der Waals surface area contributed by atoms with E-state index in [1.165, 1.54) is 0 Å². The Hall–Kier alpha value is -0.200. The van der Waals surface area contributed by atoms with E-state index < -0.39 is 0 Å². The van der Waals surface area contributed by atoms with E-state index in [2.05, 4.69) is 6.92 Å². The highest BCUT2D eigenvalue weighted by Crippen LogP contribution is 2.07. The van der Waals surface area contributed by atoms with Crippen LogP contribution >= 0.6 is 0 Å². The molecule has 0 rings (SSSR count). The van der Waals surface area contributed by atoms with Crippen LogP contribution in [-0.2, 0) is 9.68 Å². The van der Waals surface area contributed by atoms with Crippen molar-refractivity contribution >= 4 is 0 Å². The van der Waals surface area contributed by atoms with Gasteiger partial charge in [0.2, 0.25) is 0 Å². The molecule has 0 heterocycles. The minimum absolute atomic E-state index is 0.198. The molecule has 0 spiro atoms. The van der Waals surface area contributed by atoms with Crippen LogP contribution in [0.15, 0.2) is 0 Å². The maximum atomic E-state index is 8.66. The summed E-state index contributed by atoms with van der Waals surface area (Å²) in [4.78, 5) is 11.0. The number of hydroxylamine groups is 2. The molecule has 0 aromatic carbocycles. The van der Waals surface area contributed by atoms with E-state index in [-0.39, 0.29) is 19.3 Å². The van der Waals surface area contributed by atoms with E-state index in [1.54, 1.807) is 5.23 Å². The van der Waals surface area contributed by atoms with Gasteiger partial charge < -0.3 is 10.2 Å². The highest BCUT2D eigenvalue weighted by molar-refractivity contribution is 4.49. The number of nitrogens with zero attached hydrogens (tertiary/aromatic N) is 1. The van der Waals surface area contributed by atoms with Gasteiger partial charge >= 0.3 is 0 Å². The highest BCUT2D eigenvalue weighted by atomic mass is 16.9. The fraction of sp³-hybridized carbons (Fsp3) is 1.00. The molecule has 0 aromatic heterocycles. The topological polar surface area (TPSA) is 62.2 Å². The van der Waals surface area contributed by atoms with Crippen LogP contribution in [0.5, 0.6) is 0 Å². The first kappa shape index (κ1) is 16.8. The summed E-state index contributed by atoms with van der Waals surface area (Å²) < 4.78 is 0. The molecule has 5 heteroatoms. The Bertz CT molecular complexity index is 145. The fourth-order valence-electron chi connectivity index (χ4n) is 1.18. The van der Waals surface area contributed by atoms with Crippen molar-refractivity contribution in [1.29, 1.82) is 0 Å². The average Bonchev–Trinajstić information content (AvgIpc) is 2.36. The minimum Gasteiger partial charge on any atom is -0.396 e. The van der Waals surface area contributed by atoms with E-state index in [1.807, 2.05) is 6.92 Å². The second kappa shape index (κ2) is 12.3. The van der Waals surface area contributed by atoms with E-state index in [0.29, 0.717) is 13.2 Å². The summed E-state index contributed by atoms with van der Waals surface area (Å²) >= 11 is 0. The second-order valence-electron chi connectivity index (χ2n) is 4.07. The Balaban J connectivity index is 3.72. The van der Waals surface area contributed by atoms with Crippen LogP contribution in [0.3, 0.4) is 0 Å². The molecule has 2 N–H and O–H groups in total. The zero-order chi connectivity index (χ0) is 12.9. The van der Waals surface area contributed by atoms with Crippen molar-refractivity contribution in [3.8, 4) is 0 Å². The molecule has 1 unspecified atom stereocenters. The summed E-state index contributed by atoms with van der Waals surface area (Å²) in [5.41, 5.74) is 0. The lowest BCUT2D eigenvalue weighted by Crippen LogP contribution is -2.33. The molecule has 0 aliphatic heterocycles. The Labute approximate surface area is 104 Å². The van der Waals surface area contributed by atoms with Gasteiger partial charge in [-0.2, -0.15) is 0 Å². The zero-order valence-electron chi connectivity index (χ0n) is 11.1. The van der Waals surface area contributed by atoms with Crippen molar-refractivity contribution in [3.63, 3.8) is 0 Å². The van der Waals surface area contributed by atoms with Crippen molar-refractivity contribution in [3.05, 3.63) is 0 Å². The predicted octanol–water partition coefficient (Wildman–Crippen LogP) is 1.50. The highest BCUT2D eigenvalue weighted by Gasteiger charge is 2.13. The first-order chi connectivity index (χ1) is 8.26. The largest absolute Gasteiger partial charge is 0.396 e. The van der Waals surface area contributed by atoms with Crippen LogP contribution < -0.4 is 0 Å². The second-order valence-corrected chi connectivity index (χ2v) is 4.07. The summed E-state index contributed by atoms with van der Waals surface area (Å²) in [6.45, 7) is 5.63. The number of unbranched alkanes of at least 4 members (excludes halogenated alkanes) is 2. The maximum absolute atomic E-state index is 8.66. The molecule has 0 aliphatic carbocycles. The third-order valence-electron chi connectivity index (χ3n) is 2.49. The van der Waals surface area contributed by atoms with Crippen LogP contribution in [0.4, 0.5) is 0 Å². The van der Waals surface area contributed by atoms with E-state index in [4.69, 9.17) is 19.9 Å². The van der Waals surface area contributed by atoms with Gasteiger partial charge in [0, 0.05) is 13.2 Å².